The Morgan fingerprint density at radius 3 is 1.32 bits per heavy atom. The van der Waals surface area contributed by atoms with E-state index in [4.69, 9.17) is 9.97 Å². The van der Waals surface area contributed by atoms with Crippen LogP contribution in [0.1, 0.15) is 64.3 Å². The number of nitrogens with one attached hydrogen (secondary N) is 4. The van der Waals surface area contributed by atoms with Gasteiger partial charge in [-0.2, -0.15) is 0 Å². The van der Waals surface area contributed by atoms with E-state index in [1.807, 2.05) is 60.7 Å². The highest BCUT2D eigenvalue weighted by Gasteiger charge is 2.42. The Balaban J connectivity index is 1.09. The first kappa shape index (κ1) is 38.3. The van der Waals surface area contributed by atoms with Gasteiger partial charge in [-0.3, -0.25) is 9.59 Å². The largest absolute Gasteiger partial charge is 0.465 e. The fourth-order valence-electron chi connectivity index (χ4n) is 7.87. The highest BCUT2D eigenvalue weighted by Crippen LogP contribution is 2.36. The summed E-state index contributed by atoms with van der Waals surface area (Å²) in [7, 11) is 0. The first-order valence-corrected chi connectivity index (χ1v) is 18.7. The highest BCUT2D eigenvalue weighted by atomic mass is 16.4. The Bertz CT molecular complexity index is 2130. The van der Waals surface area contributed by atoms with Crippen molar-refractivity contribution in [3.05, 3.63) is 72.3 Å². The molecule has 16 nitrogen and oxygen atoms in total. The van der Waals surface area contributed by atoms with Crippen LogP contribution in [0, 0.1) is 11.8 Å². The Labute approximate surface area is 321 Å². The molecule has 2 saturated heterocycles. The third-order valence-corrected chi connectivity index (χ3v) is 10.7. The van der Waals surface area contributed by atoms with Gasteiger partial charge >= 0.3 is 12.2 Å². The van der Waals surface area contributed by atoms with Crippen molar-refractivity contribution in [2.24, 2.45) is 11.8 Å². The molecule has 2 fully saturated rings. The number of carboxylic acid groups (broad SMARTS) is 2. The maximum Gasteiger partial charge on any atom is 0.405 e. The number of aliphatic hydroxyl groups excluding tert-OH is 2. The SMILES string of the molecule is CC(C)[C@H](NC(=O)O)C(=O)N1C[C@H](O)C[C@H]1c1nc2ccc(-c3ccc(-c4ccc5nc([C@@H]6C[C@@H](O)CN6C(=O)[C@@H](NC(=O)O)C(C)C)[nH]c5c4)cc3)cc2[nH]1. The summed E-state index contributed by atoms with van der Waals surface area (Å²) in [6.45, 7) is 7.22. The quantitative estimate of drug-likeness (QED) is 0.0981. The number of carbonyl (C=O) groups is 4. The number of aliphatic hydroxyl groups is 2. The van der Waals surface area contributed by atoms with Crippen molar-refractivity contribution in [1.82, 2.24) is 40.4 Å². The van der Waals surface area contributed by atoms with E-state index in [-0.39, 0.29) is 37.8 Å². The van der Waals surface area contributed by atoms with Crippen molar-refractivity contribution in [3.63, 3.8) is 0 Å². The first-order valence-electron chi connectivity index (χ1n) is 18.7. The van der Waals surface area contributed by atoms with Gasteiger partial charge in [0.1, 0.15) is 23.7 Å². The molecule has 2 aliphatic heterocycles. The molecule has 2 aromatic heterocycles. The molecule has 0 bridgehead atoms. The number of β-amino-alcohol motifs (C(OH)–C–C–N with tert-alkyl or cyclic N) is 2. The highest BCUT2D eigenvalue weighted by molar-refractivity contribution is 5.88. The van der Waals surface area contributed by atoms with Gasteiger partial charge in [0.15, 0.2) is 0 Å². The number of hydrogen-bond acceptors (Lipinski definition) is 8. The average Bonchev–Trinajstić information content (AvgIpc) is 3.95. The molecule has 294 valence electrons. The lowest BCUT2D eigenvalue weighted by molar-refractivity contribution is -0.136. The number of imidazole rings is 2. The van der Waals surface area contributed by atoms with Gasteiger partial charge in [-0.05, 0) is 58.4 Å². The van der Waals surface area contributed by atoms with Crippen LogP contribution in [0.4, 0.5) is 9.59 Å². The van der Waals surface area contributed by atoms with E-state index in [1.54, 1.807) is 27.7 Å². The molecule has 0 aliphatic carbocycles. The Hall–Kier alpha value is -6.00. The molecule has 4 amide bonds. The molecule has 0 saturated carbocycles. The molecule has 5 aromatic rings. The third-order valence-electron chi connectivity index (χ3n) is 10.7. The Morgan fingerprint density at radius 2 is 0.982 bits per heavy atom. The number of amides is 4. The molecule has 0 radical (unpaired) electrons. The lowest BCUT2D eigenvalue weighted by Gasteiger charge is -2.29. The second-order valence-electron chi connectivity index (χ2n) is 15.4. The summed E-state index contributed by atoms with van der Waals surface area (Å²) in [5.74, 6) is -0.356. The molecular formula is C40H46N8O8. The van der Waals surface area contributed by atoms with Gasteiger partial charge in [-0.25, -0.2) is 19.6 Å². The van der Waals surface area contributed by atoms with E-state index in [0.717, 1.165) is 33.3 Å². The van der Waals surface area contributed by atoms with Crippen LogP contribution in [-0.4, -0.2) is 112 Å². The van der Waals surface area contributed by atoms with E-state index >= 15 is 0 Å². The molecular weight excluding hydrogens is 720 g/mol. The van der Waals surface area contributed by atoms with Gasteiger partial charge in [0.2, 0.25) is 11.8 Å². The summed E-state index contributed by atoms with van der Waals surface area (Å²) in [6.07, 6.45) is -3.56. The van der Waals surface area contributed by atoms with Crippen LogP contribution in [-0.2, 0) is 9.59 Å². The van der Waals surface area contributed by atoms with Crippen molar-refractivity contribution in [2.75, 3.05) is 13.1 Å². The summed E-state index contributed by atoms with van der Waals surface area (Å²) in [5.41, 5.74) is 6.71. The van der Waals surface area contributed by atoms with E-state index in [1.165, 1.54) is 9.80 Å². The predicted octanol–water partition coefficient (Wildman–Crippen LogP) is 4.63. The minimum atomic E-state index is -1.29. The molecule has 8 N–H and O–H groups in total. The number of rotatable bonds is 10. The lowest BCUT2D eigenvalue weighted by atomic mass is 10.00. The van der Waals surface area contributed by atoms with Crippen LogP contribution >= 0.6 is 0 Å². The van der Waals surface area contributed by atoms with Crippen molar-refractivity contribution in [3.8, 4) is 22.3 Å². The van der Waals surface area contributed by atoms with Gasteiger partial charge in [0, 0.05) is 25.9 Å². The topological polar surface area (TPSA) is 237 Å². The summed E-state index contributed by atoms with van der Waals surface area (Å²) < 4.78 is 0. The standard InChI is InChI=1S/C40H46N8O8/c1-19(2)33(45-39(53)54)37(51)47-17-25(49)15-31(47)35-41-27-11-9-23(13-29(27)43-35)21-5-7-22(8-6-21)24-10-12-28-30(14-24)44-36(42-28)32-16-26(50)18-48(32)38(52)34(20(3)4)46-40(55)56/h5-14,19-20,25-26,31-34,45-46,49-50H,15-18H2,1-4H3,(H,41,43)(H,42,44)(H,53,54)(H,55,56)/t25-,26-,31+,32+,33+,34+/m1/s1. The molecule has 2 aliphatic rings. The number of likely N-dealkylation sites (tertiary alicyclic amines) is 2. The molecule has 4 heterocycles. The van der Waals surface area contributed by atoms with E-state index < -0.39 is 60.4 Å². The fraction of sp³-hybridized carbons (Fsp3) is 0.400. The zero-order chi connectivity index (χ0) is 40.0. The predicted molar refractivity (Wildman–Crippen MR) is 206 cm³/mol. The van der Waals surface area contributed by atoms with Crippen LogP contribution in [0.25, 0.3) is 44.3 Å². The van der Waals surface area contributed by atoms with Crippen molar-refractivity contribution >= 4 is 46.1 Å². The lowest BCUT2D eigenvalue weighted by Crippen LogP contribution is -2.51. The monoisotopic (exact) mass is 766 g/mol. The Kier molecular flexibility index (Phi) is 10.4. The number of fused-ring (bicyclic) bond motifs is 2. The first-order chi connectivity index (χ1) is 26.7. The molecule has 0 spiro atoms. The smallest absolute Gasteiger partial charge is 0.405 e. The fourth-order valence-corrected chi connectivity index (χ4v) is 7.87. The van der Waals surface area contributed by atoms with Crippen molar-refractivity contribution < 1.29 is 39.6 Å². The minimum absolute atomic E-state index is 0.0777. The summed E-state index contributed by atoms with van der Waals surface area (Å²) in [4.78, 5) is 68.9. The second kappa shape index (κ2) is 15.3. The van der Waals surface area contributed by atoms with Crippen LogP contribution in [0.3, 0.4) is 0 Å². The van der Waals surface area contributed by atoms with Crippen molar-refractivity contribution in [2.45, 2.75) is 76.9 Å². The molecule has 7 rings (SSSR count). The number of benzene rings is 3. The molecule has 0 unspecified atom stereocenters. The van der Waals surface area contributed by atoms with Crippen LogP contribution in [0.15, 0.2) is 60.7 Å². The molecule has 16 heteroatoms. The summed E-state index contributed by atoms with van der Waals surface area (Å²) in [6, 6.07) is 16.8. The number of aromatic nitrogens is 4. The maximum atomic E-state index is 13.5. The number of carbonyl (C=O) groups excluding carboxylic acids is 2. The van der Waals surface area contributed by atoms with Crippen LogP contribution < -0.4 is 10.6 Å². The molecule has 6 atom stereocenters. The Morgan fingerprint density at radius 1 is 0.625 bits per heavy atom. The van der Waals surface area contributed by atoms with Crippen LogP contribution in [0.5, 0.6) is 0 Å². The van der Waals surface area contributed by atoms with Gasteiger partial charge in [0.25, 0.3) is 0 Å². The van der Waals surface area contributed by atoms with Gasteiger partial charge in [0.05, 0.1) is 46.4 Å². The zero-order valence-corrected chi connectivity index (χ0v) is 31.4. The number of nitrogens with zero attached hydrogens (tertiary/aromatic N) is 4. The summed E-state index contributed by atoms with van der Waals surface area (Å²) in [5, 5.41) is 44.3. The van der Waals surface area contributed by atoms with Gasteiger partial charge < -0.3 is 50.8 Å². The minimum Gasteiger partial charge on any atom is -0.465 e. The zero-order valence-electron chi connectivity index (χ0n) is 31.4. The third kappa shape index (κ3) is 7.62. The van der Waals surface area contributed by atoms with Crippen molar-refractivity contribution in [1.29, 1.82) is 0 Å². The van der Waals surface area contributed by atoms with Crippen LogP contribution in [0.2, 0.25) is 0 Å². The average molecular weight is 767 g/mol. The molecule has 56 heavy (non-hydrogen) atoms. The van der Waals surface area contributed by atoms with E-state index in [0.29, 0.717) is 22.7 Å². The summed E-state index contributed by atoms with van der Waals surface area (Å²) >= 11 is 0. The molecule has 3 aromatic carbocycles. The number of H-pyrrole nitrogens is 2. The van der Waals surface area contributed by atoms with Gasteiger partial charge in [-0.15, -0.1) is 0 Å². The second-order valence-corrected chi connectivity index (χ2v) is 15.4. The van der Waals surface area contributed by atoms with E-state index in [2.05, 4.69) is 20.6 Å². The van der Waals surface area contributed by atoms with Gasteiger partial charge in [-0.1, -0.05) is 64.1 Å². The van der Waals surface area contributed by atoms with E-state index in [9.17, 15) is 39.6 Å². The number of aromatic amines is 2. The number of hydrogen-bond donors (Lipinski definition) is 8. The maximum absolute atomic E-state index is 13.5. The normalized spacial score (nSPS) is 20.9.